The van der Waals surface area contributed by atoms with E-state index in [9.17, 15) is 21.4 Å². The Bertz CT molecular complexity index is 312. The van der Waals surface area contributed by atoms with Crippen LogP contribution in [0.4, 0.5) is 0 Å². The molecule has 0 amide bonds. The number of hydrogen-bond acceptors (Lipinski definition) is 6. The first-order valence-corrected chi connectivity index (χ1v) is 5.84. The van der Waals surface area contributed by atoms with Crippen LogP contribution in [0.25, 0.3) is 0 Å². The Balaban J connectivity index is 0. The van der Waals surface area contributed by atoms with Crippen LogP contribution in [0.1, 0.15) is 0 Å². The number of rotatable bonds is 2. The van der Waals surface area contributed by atoms with Crippen molar-refractivity contribution in [3.63, 3.8) is 0 Å². The molecule has 0 aromatic carbocycles. The zero-order valence-electron chi connectivity index (χ0n) is 8.16. The van der Waals surface area contributed by atoms with Crippen LogP contribution in [0.3, 0.4) is 0 Å². The van der Waals surface area contributed by atoms with Crippen LogP contribution < -0.4 is 0 Å². The summed E-state index contributed by atoms with van der Waals surface area (Å²) < 4.78 is 57.9. The zero-order valence-corrected chi connectivity index (χ0v) is 9.79. The van der Waals surface area contributed by atoms with Crippen LogP contribution in [-0.2, 0) is 24.4 Å². The largest absolute Gasteiger partial charge is 0.725 e. The Morgan fingerprint density at radius 2 is 1.29 bits per heavy atom. The van der Waals surface area contributed by atoms with Gasteiger partial charge in [-0.15, -0.1) is 3.63 Å². The molecule has 0 aromatic rings. The van der Waals surface area contributed by atoms with Crippen molar-refractivity contribution < 1.29 is 34.1 Å². The molecule has 1 N–H and O–H groups in total. The second-order valence-electron chi connectivity index (χ2n) is 3.59. The van der Waals surface area contributed by atoms with E-state index in [4.69, 9.17) is 4.55 Å². The van der Waals surface area contributed by atoms with Crippen LogP contribution in [0, 0.1) is 0 Å². The predicted molar refractivity (Wildman–Crippen MR) is 46.3 cm³/mol. The van der Waals surface area contributed by atoms with Gasteiger partial charge in [-0.05, 0) is 0 Å². The molecule has 0 unspecified atom stereocenters. The van der Waals surface area contributed by atoms with E-state index in [1.54, 1.807) is 0 Å². The van der Waals surface area contributed by atoms with Gasteiger partial charge in [0.25, 0.3) is 0 Å². The fraction of sp³-hybridized carbons (Fsp3) is 1.00. The Morgan fingerprint density at radius 3 is 1.29 bits per heavy atom. The highest BCUT2D eigenvalue weighted by Crippen LogP contribution is 1.91. The quantitative estimate of drug-likeness (QED) is 0.363. The average Bonchev–Trinajstić information content (AvgIpc) is 1.42. The molecule has 0 saturated heterocycles. The molecule has 10 heteroatoms. The molecule has 88 valence electrons. The maximum absolute atomic E-state index is 9.40. The lowest BCUT2D eigenvalue weighted by atomic mass is 10.8. The van der Waals surface area contributed by atoms with Crippen molar-refractivity contribution in [1.82, 2.24) is 0 Å². The molecule has 0 bridgehead atoms. The van der Waals surface area contributed by atoms with Gasteiger partial charge < -0.3 is 9.04 Å². The second-order valence-corrected chi connectivity index (χ2v) is 5.80. The van der Waals surface area contributed by atoms with Crippen molar-refractivity contribution in [3.8, 4) is 0 Å². The van der Waals surface area contributed by atoms with Gasteiger partial charge in [0.1, 0.15) is 0 Å². The third-order valence-corrected chi connectivity index (χ3v) is 1.52. The Kier molecular flexibility index (Phi) is 5.78. The summed E-state index contributed by atoms with van der Waals surface area (Å²) in [5.41, 5.74) is 0. The van der Waals surface area contributed by atoms with Gasteiger partial charge in [0.2, 0.25) is 10.4 Å². The van der Waals surface area contributed by atoms with Crippen LogP contribution in [0.5, 0.6) is 0 Å². The number of hydrogen-bond donors (Lipinski definition) is 1. The average molecular weight is 251 g/mol. The zero-order chi connectivity index (χ0) is 12.2. The predicted octanol–water partition coefficient (Wildman–Crippen LogP) is -1.41. The van der Waals surface area contributed by atoms with E-state index < -0.39 is 20.8 Å². The molecule has 0 atom stereocenters. The minimum Gasteiger partial charge on any atom is -0.725 e. The Morgan fingerprint density at radius 1 is 1.07 bits per heavy atom. The van der Waals surface area contributed by atoms with E-state index in [1.807, 2.05) is 0 Å². The molecular weight excluding hydrogens is 238 g/mol. The summed E-state index contributed by atoms with van der Waals surface area (Å²) in [5.74, 6) is 0. The maximum atomic E-state index is 9.40. The minimum atomic E-state index is -5.37. The summed E-state index contributed by atoms with van der Waals surface area (Å²) in [6.45, 7) is 0. The molecule has 0 aliphatic rings. The normalized spacial score (nSPS) is 13.0. The van der Waals surface area contributed by atoms with Gasteiger partial charge in [-0.1, -0.05) is 0 Å². The van der Waals surface area contributed by atoms with E-state index in [1.165, 1.54) is 0 Å². The van der Waals surface area contributed by atoms with Crippen molar-refractivity contribution in [1.29, 1.82) is 0 Å². The van der Waals surface area contributed by atoms with Crippen molar-refractivity contribution in [2.75, 3.05) is 28.2 Å². The molecule has 0 saturated carbocycles. The summed E-state index contributed by atoms with van der Waals surface area (Å²) in [7, 11) is -2.05. The lowest BCUT2D eigenvalue weighted by molar-refractivity contribution is -0.849. The SMILES string of the molecule is C[N+](C)(C)C.O=S(=O)([O-])OS(=O)(=O)O. The highest BCUT2D eigenvalue weighted by atomic mass is 32.3. The Hall–Kier alpha value is -0.260. The fourth-order valence-electron chi connectivity index (χ4n) is 0.105. The lowest BCUT2D eigenvalue weighted by Gasteiger charge is -2.14. The number of quaternary nitrogens is 1. The monoisotopic (exact) mass is 251 g/mol. The molecule has 0 aromatic heterocycles. The van der Waals surface area contributed by atoms with Crippen molar-refractivity contribution in [2.24, 2.45) is 0 Å². The van der Waals surface area contributed by atoms with E-state index in [2.05, 4.69) is 31.8 Å². The van der Waals surface area contributed by atoms with Crippen LogP contribution in [-0.4, -0.2) is 58.6 Å². The van der Waals surface area contributed by atoms with Crippen molar-refractivity contribution >= 4 is 20.8 Å². The highest BCUT2D eigenvalue weighted by Gasteiger charge is 2.08. The molecule has 14 heavy (non-hydrogen) atoms. The molecule has 0 fully saturated rings. The van der Waals surface area contributed by atoms with Gasteiger partial charge in [-0.3, -0.25) is 4.55 Å². The first-order valence-electron chi connectivity index (χ1n) is 3.14. The van der Waals surface area contributed by atoms with Gasteiger partial charge in [0.15, 0.2) is 0 Å². The van der Waals surface area contributed by atoms with E-state index in [0.29, 0.717) is 0 Å². The van der Waals surface area contributed by atoms with Crippen LogP contribution >= 0.6 is 0 Å². The smallest absolute Gasteiger partial charge is 0.411 e. The summed E-state index contributed by atoms with van der Waals surface area (Å²) in [5, 5.41) is 0. The summed E-state index contributed by atoms with van der Waals surface area (Å²) in [6.07, 6.45) is 0. The molecule has 0 rings (SSSR count). The van der Waals surface area contributed by atoms with Crippen LogP contribution in [0.15, 0.2) is 0 Å². The summed E-state index contributed by atoms with van der Waals surface area (Å²) in [4.78, 5) is 0. The Labute approximate surface area is 83.6 Å². The third-order valence-electron chi connectivity index (χ3n) is 0.169. The lowest BCUT2D eigenvalue weighted by Crippen LogP contribution is -2.27. The van der Waals surface area contributed by atoms with E-state index in [-0.39, 0.29) is 0 Å². The van der Waals surface area contributed by atoms with E-state index >= 15 is 0 Å². The van der Waals surface area contributed by atoms with E-state index in [0.717, 1.165) is 4.48 Å². The van der Waals surface area contributed by atoms with Crippen LogP contribution in [0.2, 0.25) is 0 Å². The number of nitrogens with zero attached hydrogens (tertiary/aromatic N) is 1. The second kappa shape index (κ2) is 5.00. The standard InChI is InChI=1S/C4H12N.H2O7S2/c1-5(2,3)4;1-8(2,3)7-9(4,5)6/h1-4H3;(H,1,2,3)(H,4,5,6)/q+1;/p-1. The molecule has 0 spiro atoms. The first kappa shape index (κ1) is 16.2. The highest BCUT2D eigenvalue weighted by molar-refractivity contribution is 7.94. The minimum absolute atomic E-state index is 1.00. The van der Waals surface area contributed by atoms with Gasteiger partial charge in [-0.2, -0.15) is 8.42 Å². The molecular formula is C4H13NO7S2. The third kappa shape index (κ3) is 41.1. The van der Waals surface area contributed by atoms with Crippen molar-refractivity contribution in [2.45, 2.75) is 0 Å². The molecule has 0 radical (unpaired) electrons. The first-order chi connectivity index (χ1) is 5.71. The van der Waals surface area contributed by atoms with Gasteiger partial charge in [-0.25, -0.2) is 8.42 Å². The molecule has 8 nitrogen and oxygen atoms in total. The fourth-order valence-corrected chi connectivity index (χ4v) is 0.948. The summed E-state index contributed by atoms with van der Waals surface area (Å²) in [6, 6.07) is 0. The summed E-state index contributed by atoms with van der Waals surface area (Å²) >= 11 is 0. The molecule has 0 heterocycles. The van der Waals surface area contributed by atoms with Crippen molar-refractivity contribution in [3.05, 3.63) is 0 Å². The molecule has 0 aliphatic carbocycles. The molecule has 0 aliphatic heterocycles. The topological polar surface area (TPSA) is 121 Å². The maximum Gasteiger partial charge on any atom is 0.411 e. The van der Waals surface area contributed by atoms with Gasteiger partial charge >= 0.3 is 10.4 Å². The van der Waals surface area contributed by atoms with Gasteiger partial charge in [0, 0.05) is 0 Å². The van der Waals surface area contributed by atoms with Gasteiger partial charge in [0.05, 0.1) is 28.2 Å².